The van der Waals surface area contributed by atoms with Gasteiger partial charge in [0.1, 0.15) is 24.4 Å². The van der Waals surface area contributed by atoms with Crippen molar-refractivity contribution in [2.75, 3.05) is 12.9 Å². The first-order valence-electron chi connectivity index (χ1n) is 8.07. The van der Waals surface area contributed by atoms with E-state index in [4.69, 9.17) is 28.5 Å². The zero-order valence-corrected chi connectivity index (χ0v) is 16.7. The van der Waals surface area contributed by atoms with Gasteiger partial charge in [0.2, 0.25) is 0 Å². The minimum absolute atomic E-state index is 0.0859. The summed E-state index contributed by atoms with van der Waals surface area (Å²) in [6.07, 6.45) is -3.82. The number of hydrogen-bond acceptors (Lipinski definition) is 8. The fourth-order valence-electron chi connectivity index (χ4n) is 2.91. The number of aromatic nitrogens is 2. The van der Waals surface area contributed by atoms with E-state index < -0.39 is 49.7 Å². The van der Waals surface area contributed by atoms with Gasteiger partial charge in [-0.25, -0.2) is 9.36 Å². The van der Waals surface area contributed by atoms with Gasteiger partial charge in [-0.15, -0.1) is 0 Å². The summed E-state index contributed by atoms with van der Waals surface area (Å²) in [5.74, 6) is -0.0859. The molecule has 1 saturated heterocycles. The molecule has 3 unspecified atom stereocenters. The van der Waals surface area contributed by atoms with Crippen molar-refractivity contribution in [1.82, 2.24) is 9.55 Å². The normalized spacial score (nSPS) is 27.2. The molecule has 154 valence electrons. The number of H-pyrrole nitrogens is 1. The lowest BCUT2D eigenvalue weighted by Gasteiger charge is -2.29. The van der Waals surface area contributed by atoms with Crippen molar-refractivity contribution in [3.8, 4) is 0 Å². The van der Waals surface area contributed by atoms with Crippen LogP contribution < -0.4 is 11.2 Å². The number of aromatic amines is 1. The maximum absolute atomic E-state index is 12.2. The summed E-state index contributed by atoms with van der Waals surface area (Å²) in [5, 5.41) is 0. The Balaban J connectivity index is 2.44. The van der Waals surface area contributed by atoms with Crippen molar-refractivity contribution in [3.63, 3.8) is 0 Å². The lowest BCUT2D eigenvalue weighted by Crippen LogP contribution is -2.44. The predicted molar refractivity (Wildman–Crippen MR) is 96.8 cm³/mol. The largest absolute Gasteiger partial charge is 0.469 e. The van der Waals surface area contributed by atoms with Gasteiger partial charge in [0.15, 0.2) is 6.23 Å². The van der Waals surface area contributed by atoms with Crippen molar-refractivity contribution >= 4 is 20.5 Å². The Morgan fingerprint density at radius 3 is 2.52 bits per heavy atom. The number of hydrogen-bond donors (Lipinski definition) is 4. The Hall–Kier alpha value is -0.980. The van der Waals surface area contributed by atoms with Gasteiger partial charge in [-0.3, -0.25) is 18.9 Å². The van der Waals surface area contributed by atoms with Gasteiger partial charge in [0.25, 0.3) is 5.56 Å². The van der Waals surface area contributed by atoms with Crippen LogP contribution >= 0.6 is 20.5 Å². The van der Waals surface area contributed by atoms with Crippen LogP contribution in [-0.2, 0) is 23.3 Å². The van der Waals surface area contributed by atoms with Crippen LogP contribution in [-0.4, -0.2) is 62.7 Å². The standard InChI is InChI=1S/C14H23N2O9PS/c1-7(2)23-11-10(8(6-27)25-26(19,20)21)24-13(12(11)22-3)16-5-4-9(17)15-14(16)18/h4-5,7-8,10-13,27H,6H2,1-3H3,(H,15,17,18)(H2,19,20,21)/t8?,10-,11?,12?,13-/m1/s1. The molecule has 0 bridgehead atoms. The molecular weight excluding hydrogens is 403 g/mol. The Labute approximate surface area is 160 Å². The molecular formula is C14H23N2O9PS. The first kappa shape index (κ1) is 22.3. The van der Waals surface area contributed by atoms with E-state index in [0.717, 1.165) is 10.6 Å². The molecule has 1 aliphatic rings. The highest BCUT2D eigenvalue weighted by molar-refractivity contribution is 7.80. The van der Waals surface area contributed by atoms with Crippen LogP contribution in [0.25, 0.3) is 0 Å². The molecule has 2 rings (SSSR count). The molecule has 1 aromatic heterocycles. The number of ether oxygens (including phenoxy) is 3. The van der Waals surface area contributed by atoms with E-state index >= 15 is 0 Å². The highest BCUT2D eigenvalue weighted by atomic mass is 32.1. The maximum atomic E-state index is 12.2. The van der Waals surface area contributed by atoms with Gasteiger partial charge in [-0.1, -0.05) is 0 Å². The molecule has 13 heteroatoms. The number of methoxy groups -OCH3 is 1. The van der Waals surface area contributed by atoms with Gasteiger partial charge in [-0.2, -0.15) is 12.6 Å². The Morgan fingerprint density at radius 1 is 1.37 bits per heavy atom. The molecule has 3 N–H and O–H groups in total. The third-order valence-corrected chi connectivity index (χ3v) is 4.78. The van der Waals surface area contributed by atoms with Crippen LogP contribution in [0.15, 0.2) is 21.9 Å². The van der Waals surface area contributed by atoms with Crippen molar-refractivity contribution in [3.05, 3.63) is 33.1 Å². The number of rotatable bonds is 8. The third-order valence-electron chi connectivity index (χ3n) is 3.87. The summed E-state index contributed by atoms with van der Waals surface area (Å²) in [7, 11) is -3.44. The molecule has 2 heterocycles. The van der Waals surface area contributed by atoms with Crippen molar-refractivity contribution in [1.29, 1.82) is 0 Å². The van der Waals surface area contributed by atoms with E-state index in [1.54, 1.807) is 13.8 Å². The average molecular weight is 426 g/mol. The first-order chi connectivity index (χ1) is 12.6. The molecule has 0 spiro atoms. The third kappa shape index (κ3) is 5.52. The second-order valence-electron chi connectivity index (χ2n) is 6.18. The first-order valence-corrected chi connectivity index (χ1v) is 10.2. The van der Waals surface area contributed by atoms with Crippen molar-refractivity contribution in [2.24, 2.45) is 0 Å². The number of nitrogens with zero attached hydrogens (tertiary/aromatic N) is 1. The van der Waals surface area contributed by atoms with Crippen molar-refractivity contribution < 1.29 is 33.1 Å². The average Bonchev–Trinajstić information content (AvgIpc) is 2.89. The highest BCUT2D eigenvalue weighted by Gasteiger charge is 2.51. The summed E-state index contributed by atoms with van der Waals surface area (Å²) < 4.78 is 34.3. The topological polar surface area (TPSA) is 149 Å². The molecule has 0 aliphatic carbocycles. The van der Waals surface area contributed by atoms with Crippen LogP contribution in [0.3, 0.4) is 0 Å². The molecule has 0 amide bonds. The van der Waals surface area contributed by atoms with E-state index in [9.17, 15) is 14.2 Å². The molecule has 0 saturated carbocycles. The number of thiol groups is 1. The minimum atomic E-state index is -4.83. The van der Waals surface area contributed by atoms with Gasteiger partial charge in [0.05, 0.1) is 6.10 Å². The Morgan fingerprint density at radius 2 is 2.04 bits per heavy atom. The fourth-order valence-corrected chi connectivity index (χ4v) is 3.86. The van der Waals surface area contributed by atoms with Crippen LogP contribution in [0.1, 0.15) is 20.1 Å². The van der Waals surface area contributed by atoms with Gasteiger partial charge < -0.3 is 24.0 Å². The monoisotopic (exact) mass is 426 g/mol. The van der Waals surface area contributed by atoms with E-state index in [1.807, 2.05) is 0 Å². The van der Waals surface area contributed by atoms with Gasteiger partial charge >= 0.3 is 13.5 Å². The van der Waals surface area contributed by atoms with Crippen LogP contribution in [0.2, 0.25) is 0 Å². The van der Waals surface area contributed by atoms with E-state index in [1.165, 1.54) is 13.3 Å². The van der Waals surface area contributed by atoms with E-state index in [2.05, 4.69) is 17.6 Å². The summed E-state index contributed by atoms with van der Waals surface area (Å²) in [6, 6.07) is 1.14. The number of phosphoric ester groups is 1. The quantitative estimate of drug-likeness (QED) is 0.323. The fraction of sp³-hybridized carbons (Fsp3) is 0.714. The molecule has 0 aromatic carbocycles. The van der Waals surface area contributed by atoms with E-state index in [0.29, 0.717) is 0 Å². The molecule has 1 aliphatic heterocycles. The zero-order valence-electron chi connectivity index (χ0n) is 14.9. The highest BCUT2D eigenvalue weighted by Crippen LogP contribution is 2.43. The maximum Gasteiger partial charge on any atom is 0.469 e. The lowest BCUT2D eigenvalue weighted by molar-refractivity contribution is -0.100. The van der Waals surface area contributed by atoms with Crippen LogP contribution in [0, 0.1) is 0 Å². The number of nitrogens with one attached hydrogen (secondary N) is 1. The smallest absolute Gasteiger partial charge is 0.374 e. The zero-order chi connectivity index (χ0) is 20.4. The Kier molecular flexibility index (Phi) is 7.45. The molecule has 27 heavy (non-hydrogen) atoms. The molecule has 11 nitrogen and oxygen atoms in total. The molecule has 1 aromatic rings. The Bertz CT molecular complexity index is 791. The summed E-state index contributed by atoms with van der Waals surface area (Å²) in [6.45, 7) is 3.53. The van der Waals surface area contributed by atoms with Crippen LogP contribution in [0.5, 0.6) is 0 Å². The second kappa shape index (κ2) is 9.01. The molecule has 5 atom stereocenters. The minimum Gasteiger partial charge on any atom is -0.374 e. The predicted octanol–water partition coefficient (Wildman–Crippen LogP) is -0.350. The summed E-state index contributed by atoms with van der Waals surface area (Å²) in [4.78, 5) is 43.9. The second-order valence-corrected chi connectivity index (χ2v) is 7.73. The van der Waals surface area contributed by atoms with Gasteiger partial charge in [0, 0.05) is 25.1 Å². The molecule has 0 radical (unpaired) electrons. The lowest BCUT2D eigenvalue weighted by atomic mass is 10.1. The summed E-state index contributed by atoms with van der Waals surface area (Å²) in [5.41, 5.74) is -1.30. The van der Waals surface area contributed by atoms with Gasteiger partial charge in [-0.05, 0) is 13.8 Å². The van der Waals surface area contributed by atoms with Crippen molar-refractivity contribution in [2.45, 2.75) is 50.6 Å². The van der Waals surface area contributed by atoms with Crippen LogP contribution in [0.4, 0.5) is 0 Å². The molecule has 1 fully saturated rings. The summed E-state index contributed by atoms with van der Waals surface area (Å²) >= 11 is 4.08. The SMILES string of the molecule is COC1C(OC(C)C)[C@@H](C(CS)OP(=O)(O)O)O[C@H]1n1ccc(=O)[nH]c1=O. The number of phosphoric acid groups is 1. The van der Waals surface area contributed by atoms with E-state index in [-0.39, 0.29) is 11.9 Å².